The number of thiophene rings is 1. The van der Waals surface area contributed by atoms with Gasteiger partial charge in [0.2, 0.25) is 5.91 Å². The van der Waals surface area contributed by atoms with Gasteiger partial charge in [-0.15, -0.1) is 23.1 Å². The minimum absolute atomic E-state index is 0.103. The highest BCUT2D eigenvalue weighted by Gasteiger charge is 2.27. The van der Waals surface area contributed by atoms with Crippen molar-refractivity contribution in [3.63, 3.8) is 0 Å². The first-order valence-electron chi connectivity index (χ1n) is 5.65. The summed E-state index contributed by atoms with van der Waals surface area (Å²) in [6, 6.07) is 1.64. The summed E-state index contributed by atoms with van der Waals surface area (Å²) >= 11 is 3.12. The molecule has 1 aliphatic rings. The summed E-state index contributed by atoms with van der Waals surface area (Å²) in [5, 5.41) is 5.37. The lowest BCUT2D eigenvalue weighted by Gasteiger charge is -2.11. The van der Waals surface area contributed by atoms with Crippen LogP contribution in [0, 0.1) is 0 Å². The number of carbonyl (C=O) groups excluding carboxylic acids is 2. The molecule has 1 saturated heterocycles. The predicted molar refractivity (Wildman–Crippen MR) is 73.3 cm³/mol. The number of urea groups is 1. The maximum Gasteiger partial charge on any atom is 0.324 e. The summed E-state index contributed by atoms with van der Waals surface area (Å²) in [5.41, 5.74) is 0.928. The second-order valence-corrected chi connectivity index (χ2v) is 5.87. The van der Waals surface area contributed by atoms with Crippen LogP contribution in [0.25, 0.3) is 10.2 Å². The normalized spacial score (nSPS) is 15.3. The summed E-state index contributed by atoms with van der Waals surface area (Å²) in [4.78, 5) is 32.4. The molecule has 0 aromatic carbocycles. The number of thioether (sulfide) groups is 1. The second kappa shape index (κ2) is 5.14. The molecule has 0 unspecified atom stereocenters. The summed E-state index contributed by atoms with van der Waals surface area (Å²) in [6.07, 6.45) is 1.53. The molecular weight excluding hydrogens is 284 g/mol. The van der Waals surface area contributed by atoms with E-state index in [0.29, 0.717) is 12.3 Å². The third kappa shape index (κ3) is 2.41. The van der Waals surface area contributed by atoms with Crippen molar-refractivity contribution >= 4 is 45.3 Å². The Bertz CT molecular complexity index is 626. The van der Waals surface area contributed by atoms with Gasteiger partial charge < -0.3 is 5.32 Å². The number of amides is 3. The fourth-order valence-corrected chi connectivity index (χ4v) is 3.66. The van der Waals surface area contributed by atoms with E-state index in [1.165, 1.54) is 23.0 Å². The smallest absolute Gasteiger partial charge is 0.324 e. The number of carbonyl (C=O) groups is 2. The van der Waals surface area contributed by atoms with Crippen molar-refractivity contribution in [1.29, 1.82) is 0 Å². The van der Waals surface area contributed by atoms with Crippen molar-refractivity contribution in [1.82, 2.24) is 20.2 Å². The Hall–Kier alpha value is -1.67. The van der Waals surface area contributed by atoms with Gasteiger partial charge in [0, 0.05) is 12.3 Å². The lowest BCUT2D eigenvalue weighted by atomic mass is 10.5. The predicted octanol–water partition coefficient (Wildman–Crippen LogP) is 1.34. The highest BCUT2D eigenvalue weighted by Crippen LogP contribution is 2.28. The van der Waals surface area contributed by atoms with Crippen LogP contribution in [0.1, 0.15) is 0 Å². The number of imide groups is 1. The minimum Gasteiger partial charge on any atom is -0.329 e. The van der Waals surface area contributed by atoms with E-state index in [0.717, 1.165) is 15.2 Å². The molecule has 0 radical (unpaired) electrons. The highest BCUT2D eigenvalue weighted by molar-refractivity contribution is 7.99. The van der Waals surface area contributed by atoms with Crippen LogP contribution in [0.3, 0.4) is 0 Å². The Labute approximate surface area is 117 Å². The first-order valence-corrected chi connectivity index (χ1v) is 7.51. The van der Waals surface area contributed by atoms with Gasteiger partial charge in [0.25, 0.3) is 0 Å². The van der Waals surface area contributed by atoms with Crippen molar-refractivity contribution in [3.8, 4) is 0 Å². The zero-order valence-electron chi connectivity index (χ0n) is 9.83. The zero-order chi connectivity index (χ0) is 13.2. The Balaban J connectivity index is 1.65. The molecule has 0 atom stereocenters. The van der Waals surface area contributed by atoms with E-state index in [4.69, 9.17) is 0 Å². The topological polar surface area (TPSA) is 75.2 Å². The molecule has 1 fully saturated rings. The van der Waals surface area contributed by atoms with Crippen LogP contribution >= 0.6 is 23.1 Å². The van der Waals surface area contributed by atoms with Crippen LogP contribution in [0.4, 0.5) is 4.79 Å². The average Bonchev–Trinajstić information content (AvgIpc) is 3.00. The quantitative estimate of drug-likeness (QED) is 0.523. The molecule has 6 nitrogen and oxygen atoms in total. The molecule has 3 rings (SSSR count). The van der Waals surface area contributed by atoms with Gasteiger partial charge in [0.1, 0.15) is 11.4 Å². The van der Waals surface area contributed by atoms with Gasteiger partial charge in [-0.1, -0.05) is 0 Å². The number of hydrogen-bond donors (Lipinski definition) is 1. The van der Waals surface area contributed by atoms with Crippen LogP contribution in [0.2, 0.25) is 0 Å². The van der Waals surface area contributed by atoms with E-state index in [1.807, 2.05) is 11.4 Å². The van der Waals surface area contributed by atoms with E-state index in [-0.39, 0.29) is 18.5 Å². The van der Waals surface area contributed by atoms with Crippen LogP contribution in [0.5, 0.6) is 0 Å². The van der Waals surface area contributed by atoms with Crippen molar-refractivity contribution in [3.05, 3.63) is 17.8 Å². The summed E-state index contributed by atoms with van der Waals surface area (Å²) in [7, 11) is 0. The minimum atomic E-state index is -0.311. The largest absolute Gasteiger partial charge is 0.329 e. The van der Waals surface area contributed by atoms with Crippen molar-refractivity contribution in [2.75, 3.05) is 18.8 Å². The fourth-order valence-electron chi connectivity index (χ4n) is 1.78. The number of aromatic nitrogens is 2. The molecular formula is C11H10N4O2S2. The molecule has 2 aromatic rings. The highest BCUT2D eigenvalue weighted by atomic mass is 32.2. The van der Waals surface area contributed by atoms with E-state index < -0.39 is 0 Å². The Kier molecular flexibility index (Phi) is 3.34. The van der Waals surface area contributed by atoms with Gasteiger partial charge in [-0.2, -0.15) is 0 Å². The van der Waals surface area contributed by atoms with Crippen LogP contribution in [-0.2, 0) is 4.79 Å². The van der Waals surface area contributed by atoms with Gasteiger partial charge >= 0.3 is 6.03 Å². The molecule has 1 N–H and O–H groups in total. The van der Waals surface area contributed by atoms with E-state index >= 15 is 0 Å². The number of rotatable bonds is 4. The summed E-state index contributed by atoms with van der Waals surface area (Å²) in [6.45, 7) is 0.498. The molecule has 98 valence electrons. The van der Waals surface area contributed by atoms with Crippen LogP contribution < -0.4 is 5.32 Å². The molecule has 3 amide bonds. The first-order chi connectivity index (χ1) is 9.25. The molecule has 2 aromatic heterocycles. The lowest BCUT2D eigenvalue weighted by Crippen LogP contribution is -2.32. The standard InChI is InChI=1S/C11H10N4O2S2/c16-8-5-12-11(17)15(8)2-4-19-10-9-7(1-3-18-9)13-6-14-10/h1,3,6H,2,4-5H2,(H,12,17). The molecule has 0 aliphatic carbocycles. The van der Waals surface area contributed by atoms with Gasteiger partial charge in [-0.05, 0) is 11.4 Å². The summed E-state index contributed by atoms with van der Waals surface area (Å²) < 4.78 is 1.05. The Morgan fingerprint density at radius 3 is 3.11 bits per heavy atom. The van der Waals surface area contributed by atoms with Gasteiger partial charge in [-0.25, -0.2) is 14.8 Å². The maximum absolute atomic E-state index is 11.4. The molecule has 0 bridgehead atoms. The van der Waals surface area contributed by atoms with Gasteiger partial charge in [0.15, 0.2) is 0 Å². The molecule has 8 heteroatoms. The Morgan fingerprint density at radius 2 is 2.32 bits per heavy atom. The van der Waals surface area contributed by atoms with Crippen LogP contribution in [0.15, 0.2) is 22.8 Å². The third-order valence-corrected chi connectivity index (χ3v) is 4.71. The van der Waals surface area contributed by atoms with Crippen molar-refractivity contribution in [2.24, 2.45) is 0 Å². The van der Waals surface area contributed by atoms with Gasteiger partial charge in [0.05, 0.1) is 16.8 Å². The average molecular weight is 294 g/mol. The number of hydrogen-bond acceptors (Lipinski definition) is 6. The van der Waals surface area contributed by atoms with Crippen molar-refractivity contribution in [2.45, 2.75) is 5.03 Å². The summed E-state index contributed by atoms with van der Waals surface area (Å²) in [5.74, 6) is 0.456. The second-order valence-electron chi connectivity index (χ2n) is 3.87. The molecule has 0 saturated carbocycles. The SMILES string of the molecule is O=C1CNC(=O)N1CCSc1ncnc2ccsc12. The zero-order valence-corrected chi connectivity index (χ0v) is 11.5. The molecule has 0 spiro atoms. The Morgan fingerprint density at radius 1 is 1.42 bits per heavy atom. The number of nitrogens with one attached hydrogen (secondary N) is 1. The first kappa shape index (κ1) is 12.4. The molecule has 3 heterocycles. The van der Waals surface area contributed by atoms with Crippen LogP contribution in [-0.4, -0.2) is 45.6 Å². The van der Waals surface area contributed by atoms with E-state index in [9.17, 15) is 9.59 Å². The number of fused-ring (bicyclic) bond motifs is 1. The third-order valence-electron chi connectivity index (χ3n) is 2.70. The maximum atomic E-state index is 11.4. The van der Waals surface area contributed by atoms with Gasteiger partial charge in [-0.3, -0.25) is 9.69 Å². The van der Waals surface area contributed by atoms with Crippen molar-refractivity contribution < 1.29 is 9.59 Å². The lowest BCUT2D eigenvalue weighted by molar-refractivity contribution is -0.124. The monoisotopic (exact) mass is 294 g/mol. The number of nitrogens with zero attached hydrogens (tertiary/aromatic N) is 3. The molecule has 1 aliphatic heterocycles. The molecule has 19 heavy (non-hydrogen) atoms. The fraction of sp³-hybridized carbons (Fsp3) is 0.273. The van der Waals surface area contributed by atoms with E-state index in [2.05, 4.69) is 15.3 Å². The van der Waals surface area contributed by atoms with E-state index in [1.54, 1.807) is 11.3 Å².